The van der Waals surface area contributed by atoms with Crippen molar-refractivity contribution in [2.75, 3.05) is 32.9 Å². The van der Waals surface area contributed by atoms with Crippen LogP contribution in [0, 0.1) is 14.4 Å². The maximum absolute atomic E-state index is 14.6. The number of allylic oxidation sites excluding steroid dienone is 3. The molecule has 0 aromatic heterocycles. The van der Waals surface area contributed by atoms with Crippen molar-refractivity contribution >= 4 is 29.7 Å². The number of ether oxygens (including phenoxy) is 2. The topological polar surface area (TPSA) is 137 Å². The first-order valence-corrected chi connectivity index (χ1v) is 34.6. The molecular formula is C70H104ClN4O6RuS2+. The number of nitrogens with zero attached hydrogens (tertiary/aromatic N) is 1. The van der Waals surface area contributed by atoms with Crippen molar-refractivity contribution < 1.29 is 43.6 Å². The van der Waals surface area contributed by atoms with E-state index in [0.29, 0.717) is 55.2 Å². The van der Waals surface area contributed by atoms with E-state index in [-0.39, 0.29) is 56.5 Å². The van der Waals surface area contributed by atoms with Crippen molar-refractivity contribution in [3.63, 3.8) is 0 Å². The third kappa shape index (κ3) is 23.0. The molecule has 0 heterocycles. The van der Waals surface area contributed by atoms with E-state index in [2.05, 4.69) is 183 Å². The molecule has 1 aliphatic carbocycles. The van der Waals surface area contributed by atoms with E-state index in [0.717, 1.165) is 57.3 Å². The van der Waals surface area contributed by atoms with Crippen LogP contribution in [-0.2, 0) is 53.4 Å². The third-order valence-corrected chi connectivity index (χ3v) is 18.3. The molecule has 0 saturated heterocycles. The molecule has 14 heteroatoms. The molecule has 0 radical (unpaired) electrons. The van der Waals surface area contributed by atoms with Crippen LogP contribution in [0.15, 0.2) is 142 Å². The summed E-state index contributed by atoms with van der Waals surface area (Å²) in [4.78, 5) is 0.811. The zero-order chi connectivity index (χ0) is 60.9. The molecule has 0 bridgehead atoms. The van der Waals surface area contributed by atoms with Crippen LogP contribution in [0.3, 0.4) is 0 Å². The Labute approximate surface area is 525 Å². The van der Waals surface area contributed by atoms with Gasteiger partial charge < -0.3 is 32.3 Å². The van der Waals surface area contributed by atoms with Crippen LogP contribution in [0.5, 0.6) is 0 Å². The van der Waals surface area contributed by atoms with E-state index < -0.39 is 32.1 Å². The summed E-state index contributed by atoms with van der Waals surface area (Å²) in [7, 11) is -3.19. The minimum atomic E-state index is -4.08. The maximum atomic E-state index is 14.6. The second-order valence-corrected chi connectivity index (χ2v) is 27.0. The molecular weight excluding hydrogens is 1190 g/mol. The zero-order valence-corrected chi connectivity index (χ0v) is 57.0. The van der Waals surface area contributed by atoms with Crippen LogP contribution in [-0.4, -0.2) is 61.8 Å². The molecule has 84 heavy (non-hydrogen) atoms. The number of nitrogens with one attached hydrogen (secondary N) is 3. The molecule has 466 valence electrons. The van der Waals surface area contributed by atoms with Crippen LogP contribution >= 0.6 is 9.69 Å². The summed E-state index contributed by atoms with van der Waals surface area (Å²) in [6.45, 7) is 36.7. The Balaban J connectivity index is 0.000000560. The van der Waals surface area contributed by atoms with Gasteiger partial charge in [0.15, 0.2) is 0 Å². The summed E-state index contributed by atoms with van der Waals surface area (Å²) in [5.41, 5.74) is 12.7. The van der Waals surface area contributed by atoms with E-state index >= 15 is 0 Å². The fraction of sp³-hybridized carbons (Fsp3) is 0.500. The first-order valence-electron chi connectivity index (χ1n) is 29.4. The number of sulfonamides is 2. The molecule has 0 saturated carbocycles. The molecule has 6 rings (SSSR count). The Bertz CT molecular complexity index is 2960. The summed E-state index contributed by atoms with van der Waals surface area (Å²) in [6.07, 6.45) is 6.51. The molecule has 0 amide bonds. The van der Waals surface area contributed by atoms with Gasteiger partial charge in [0.1, 0.15) is 10.0 Å². The SMILES string of the molecule is C.CC1=CCC(COCCN[C@H](C)[C@@H](C)NS(=O)(=O)c2c(C(C)C)cc(C(C)C)cc2C(C)C)=CC1.Cc1ccc(COCCN[C@H](c2ccccc2)[C@H]([N-]S(=O)(=O)c2c(C(C)C)cc(C(C)C)cc2C(C)C)c2ccccc2)cc1.[CH3-].[Cl][Ru+3]. The van der Waals surface area contributed by atoms with Gasteiger partial charge in [0, 0.05) is 31.2 Å². The Kier molecular flexibility index (Phi) is 33.7. The quantitative estimate of drug-likeness (QED) is 0.0195. The Hall–Kier alpha value is -3.85. The first-order chi connectivity index (χ1) is 38.8. The van der Waals surface area contributed by atoms with Crippen LogP contribution in [0.25, 0.3) is 4.72 Å². The van der Waals surface area contributed by atoms with Crippen LogP contribution in [0.4, 0.5) is 0 Å². The average Bonchev–Trinajstić information content (AvgIpc) is 3.60. The summed E-state index contributed by atoms with van der Waals surface area (Å²) in [5.74, 6) is 0.884. The van der Waals surface area contributed by atoms with Crippen molar-refractivity contribution in [3.05, 3.63) is 200 Å². The number of benzene rings is 5. The molecule has 5 aromatic rings. The van der Waals surface area contributed by atoms with Crippen LogP contribution < -0.4 is 15.4 Å². The van der Waals surface area contributed by atoms with Gasteiger partial charge in [-0.3, -0.25) is 0 Å². The third-order valence-electron chi connectivity index (χ3n) is 15.1. The second kappa shape index (κ2) is 37.1. The molecule has 1 aliphatic rings. The summed E-state index contributed by atoms with van der Waals surface area (Å²) >= 11 is 1.82. The van der Waals surface area contributed by atoms with Crippen molar-refractivity contribution in [1.29, 1.82) is 0 Å². The Morgan fingerprint density at radius 2 is 0.964 bits per heavy atom. The van der Waals surface area contributed by atoms with E-state index in [9.17, 15) is 16.8 Å². The fourth-order valence-electron chi connectivity index (χ4n) is 9.83. The van der Waals surface area contributed by atoms with Crippen LogP contribution in [0.2, 0.25) is 0 Å². The molecule has 10 nitrogen and oxygen atoms in total. The van der Waals surface area contributed by atoms with Gasteiger partial charge in [0.05, 0.1) is 36.2 Å². The van der Waals surface area contributed by atoms with E-state index in [4.69, 9.17) is 14.2 Å². The van der Waals surface area contributed by atoms with Crippen molar-refractivity contribution in [2.45, 2.75) is 207 Å². The molecule has 0 unspecified atom stereocenters. The number of halogens is 1. The first kappa shape index (κ1) is 76.3. The summed E-state index contributed by atoms with van der Waals surface area (Å²) in [6, 6.07) is 35.0. The number of hydrogen-bond donors (Lipinski definition) is 3. The van der Waals surface area contributed by atoms with Gasteiger partial charge in [-0.1, -0.05) is 235 Å². The van der Waals surface area contributed by atoms with E-state index in [1.807, 2.05) is 91.8 Å². The molecule has 0 fully saturated rings. The van der Waals surface area contributed by atoms with Gasteiger partial charge in [-0.15, -0.1) is 0 Å². The Morgan fingerprint density at radius 1 is 0.524 bits per heavy atom. The monoisotopic (exact) mass is 1300 g/mol. The normalized spacial score (nSPS) is 14.2. The van der Waals surface area contributed by atoms with Gasteiger partial charge >= 0.3 is 27.0 Å². The predicted octanol–water partition coefficient (Wildman–Crippen LogP) is 17.9. The van der Waals surface area contributed by atoms with Crippen molar-refractivity contribution in [2.24, 2.45) is 0 Å². The molecule has 0 spiro atoms. The predicted molar refractivity (Wildman–Crippen MR) is 353 cm³/mol. The van der Waals surface area contributed by atoms with E-state index in [1.54, 1.807) is 0 Å². The van der Waals surface area contributed by atoms with Crippen molar-refractivity contribution in [1.82, 2.24) is 15.4 Å². The van der Waals surface area contributed by atoms with Gasteiger partial charge in [0.25, 0.3) is 0 Å². The molecule has 3 N–H and O–H groups in total. The number of rotatable bonds is 28. The van der Waals surface area contributed by atoms with Gasteiger partial charge in [0.2, 0.25) is 10.0 Å². The fourth-order valence-corrected chi connectivity index (χ4v) is 13.7. The number of hydrogen-bond acceptors (Lipinski definition) is 8. The molecule has 0 aliphatic heterocycles. The van der Waals surface area contributed by atoms with Gasteiger partial charge in [-0.05, 0) is 126 Å². The molecule has 4 atom stereocenters. The second-order valence-electron chi connectivity index (χ2n) is 23.8. The van der Waals surface area contributed by atoms with Gasteiger partial charge in [-0.25, -0.2) is 21.6 Å². The van der Waals surface area contributed by atoms with Crippen molar-refractivity contribution in [3.8, 4) is 0 Å². The number of aryl methyl sites for hydroxylation is 1. The minimum absolute atomic E-state index is 0. The summed E-state index contributed by atoms with van der Waals surface area (Å²) in [5, 5.41) is 7.04. The summed E-state index contributed by atoms with van der Waals surface area (Å²) < 4.78 is 76.2. The van der Waals surface area contributed by atoms with E-state index in [1.165, 1.54) is 22.3 Å². The zero-order valence-electron chi connectivity index (χ0n) is 52.9. The standard InChI is InChI=1S/C39H49N2O3S.C29H48N2O3S.CH4.CH3.ClH.Ru/c1-27(2)34-24-35(28(3)4)39(36(25-34)29(5)6)45(42,43)41-38(33-16-12-9-13-17-33)37(32-14-10-8-11-15-32)40-22-23-44-26-31-20-18-30(7)19-21-31;1-19(2)26-16-27(20(3)4)29(28(17-26)21(5)6)35(32,33)31-24(9)23(8)30-14-15-34-18-25-12-10-22(7)11-13-25;;;;/h8-21,24-25,27-29,37-38,40H,22-23,26H2,1-7H3;10,13,16-17,19-21,23-24,30-31H,11-12,14-15,18H2,1-9H3;1H4;1H3;1H;/q-1;;;-1;;+4/p-1/t37-,38-;23-,24-;;;;/m11..../s1. The Morgan fingerprint density at radius 3 is 1.40 bits per heavy atom. The van der Waals surface area contributed by atoms with Gasteiger partial charge in [-0.2, -0.15) is 0 Å². The van der Waals surface area contributed by atoms with Crippen LogP contribution in [0.1, 0.15) is 227 Å². The molecule has 5 aromatic carbocycles. The average molecular weight is 1300 g/mol.